The van der Waals surface area contributed by atoms with E-state index in [1.807, 2.05) is 6.92 Å². The molecule has 1 saturated carbocycles. The van der Waals surface area contributed by atoms with Crippen LogP contribution in [0.1, 0.15) is 52.9 Å². The summed E-state index contributed by atoms with van der Waals surface area (Å²) in [5.74, 6) is 0.808. The van der Waals surface area contributed by atoms with E-state index in [-0.39, 0.29) is 5.69 Å². The first-order valence-electron chi connectivity index (χ1n) is 8.24. The minimum absolute atomic E-state index is 0.0964. The van der Waals surface area contributed by atoms with Crippen molar-refractivity contribution in [2.45, 2.75) is 75.9 Å². The molecule has 1 aromatic heterocycles. The third-order valence-corrected chi connectivity index (χ3v) is 5.78. The van der Waals surface area contributed by atoms with Crippen molar-refractivity contribution >= 4 is 11.8 Å². The molecule has 6 heteroatoms. The van der Waals surface area contributed by atoms with Crippen LogP contribution >= 0.6 is 11.8 Å². The molecule has 0 amide bonds. The second-order valence-corrected chi connectivity index (χ2v) is 7.07. The summed E-state index contributed by atoms with van der Waals surface area (Å²) in [6.45, 7) is 8.22. The standard InChI is InChI=1S/C15H28N4OS/c1-4-9-16-12-8-7-11(5-2)10-13(12)21-15-18-17-14(20)19(15)6-3/h11-13,16H,4-10H2,1-3H3,(H,17,20). The minimum atomic E-state index is -0.0964. The van der Waals surface area contributed by atoms with Crippen LogP contribution in [0.25, 0.3) is 0 Å². The Bertz CT molecular complexity index is 484. The number of nitrogens with one attached hydrogen (secondary N) is 2. The second kappa shape index (κ2) is 8.03. The number of hydrogen-bond acceptors (Lipinski definition) is 4. The molecule has 1 heterocycles. The molecule has 2 rings (SSSR count). The lowest BCUT2D eigenvalue weighted by Crippen LogP contribution is -2.43. The van der Waals surface area contributed by atoms with Crippen LogP contribution in [0.4, 0.5) is 0 Å². The molecular weight excluding hydrogens is 284 g/mol. The molecule has 0 saturated heterocycles. The first-order valence-corrected chi connectivity index (χ1v) is 9.12. The zero-order valence-corrected chi connectivity index (χ0v) is 14.2. The largest absolute Gasteiger partial charge is 0.343 e. The van der Waals surface area contributed by atoms with Crippen molar-refractivity contribution in [1.29, 1.82) is 0 Å². The summed E-state index contributed by atoms with van der Waals surface area (Å²) >= 11 is 1.77. The molecule has 120 valence electrons. The lowest BCUT2D eigenvalue weighted by molar-refractivity contribution is 0.295. The van der Waals surface area contributed by atoms with Gasteiger partial charge < -0.3 is 5.32 Å². The second-order valence-electron chi connectivity index (χ2n) is 5.86. The predicted molar refractivity (Wildman–Crippen MR) is 87.9 cm³/mol. The fourth-order valence-electron chi connectivity index (χ4n) is 3.08. The van der Waals surface area contributed by atoms with Gasteiger partial charge in [0.05, 0.1) is 0 Å². The quantitative estimate of drug-likeness (QED) is 0.812. The van der Waals surface area contributed by atoms with Gasteiger partial charge in [-0.2, -0.15) is 0 Å². The Balaban J connectivity index is 2.09. The lowest BCUT2D eigenvalue weighted by Gasteiger charge is -2.35. The molecule has 0 aliphatic heterocycles. The van der Waals surface area contributed by atoms with Crippen molar-refractivity contribution in [1.82, 2.24) is 20.1 Å². The van der Waals surface area contributed by atoms with Crippen molar-refractivity contribution in [2.24, 2.45) is 5.92 Å². The molecule has 0 radical (unpaired) electrons. The lowest BCUT2D eigenvalue weighted by atomic mass is 9.84. The van der Waals surface area contributed by atoms with Crippen molar-refractivity contribution in [3.05, 3.63) is 10.5 Å². The topological polar surface area (TPSA) is 62.7 Å². The van der Waals surface area contributed by atoms with Crippen LogP contribution in [0.15, 0.2) is 9.95 Å². The summed E-state index contributed by atoms with van der Waals surface area (Å²) in [6.07, 6.45) is 6.17. The highest BCUT2D eigenvalue weighted by Gasteiger charge is 2.31. The van der Waals surface area contributed by atoms with E-state index in [0.29, 0.717) is 17.8 Å². The van der Waals surface area contributed by atoms with Crippen molar-refractivity contribution in [3.8, 4) is 0 Å². The van der Waals surface area contributed by atoms with Crippen LogP contribution in [0.2, 0.25) is 0 Å². The van der Waals surface area contributed by atoms with Gasteiger partial charge in [-0.1, -0.05) is 32.0 Å². The normalized spacial score (nSPS) is 26.1. The van der Waals surface area contributed by atoms with Crippen LogP contribution in [0, 0.1) is 5.92 Å². The van der Waals surface area contributed by atoms with Gasteiger partial charge in [0.1, 0.15) is 0 Å². The number of aromatic nitrogens is 3. The van der Waals surface area contributed by atoms with Gasteiger partial charge in [-0.3, -0.25) is 4.57 Å². The van der Waals surface area contributed by atoms with Gasteiger partial charge >= 0.3 is 5.69 Å². The van der Waals surface area contributed by atoms with Gasteiger partial charge in [0.15, 0.2) is 5.16 Å². The van der Waals surface area contributed by atoms with Gasteiger partial charge in [-0.15, -0.1) is 5.10 Å². The van der Waals surface area contributed by atoms with Crippen LogP contribution in [0.3, 0.4) is 0 Å². The SMILES string of the molecule is CCCNC1CCC(CC)CC1Sc1n[nH]c(=O)n1CC. The number of thioether (sulfide) groups is 1. The zero-order chi connectivity index (χ0) is 15.2. The summed E-state index contributed by atoms with van der Waals surface area (Å²) < 4.78 is 1.73. The van der Waals surface area contributed by atoms with E-state index in [1.165, 1.54) is 25.7 Å². The van der Waals surface area contributed by atoms with Crippen LogP contribution in [0.5, 0.6) is 0 Å². The highest BCUT2D eigenvalue weighted by molar-refractivity contribution is 7.99. The third kappa shape index (κ3) is 4.13. The highest BCUT2D eigenvalue weighted by Crippen LogP contribution is 2.36. The van der Waals surface area contributed by atoms with Gasteiger partial charge in [-0.25, -0.2) is 9.89 Å². The average Bonchev–Trinajstić information content (AvgIpc) is 2.85. The van der Waals surface area contributed by atoms with Crippen molar-refractivity contribution in [2.75, 3.05) is 6.54 Å². The summed E-state index contributed by atoms with van der Waals surface area (Å²) in [4.78, 5) is 11.7. The molecule has 0 bridgehead atoms. The van der Waals surface area contributed by atoms with Crippen LogP contribution in [-0.2, 0) is 6.54 Å². The molecule has 3 atom stereocenters. The summed E-state index contributed by atoms with van der Waals surface area (Å²) in [6, 6.07) is 0.537. The molecule has 1 aliphatic carbocycles. The van der Waals surface area contributed by atoms with E-state index in [2.05, 4.69) is 29.4 Å². The van der Waals surface area contributed by atoms with Gasteiger partial charge in [0.2, 0.25) is 0 Å². The summed E-state index contributed by atoms with van der Waals surface area (Å²) in [5.41, 5.74) is -0.0964. The average molecular weight is 312 g/mol. The summed E-state index contributed by atoms with van der Waals surface area (Å²) in [7, 11) is 0. The molecule has 5 nitrogen and oxygen atoms in total. The number of nitrogens with zero attached hydrogens (tertiary/aromatic N) is 2. The maximum Gasteiger partial charge on any atom is 0.343 e. The van der Waals surface area contributed by atoms with Crippen LogP contribution < -0.4 is 11.0 Å². The molecule has 1 aromatic rings. The van der Waals surface area contributed by atoms with E-state index < -0.39 is 0 Å². The number of H-pyrrole nitrogens is 1. The first kappa shape index (κ1) is 16.6. The fourth-order valence-corrected chi connectivity index (χ4v) is 4.56. The van der Waals surface area contributed by atoms with E-state index in [4.69, 9.17) is 0 Å². The maximum absolute atomic E-state index is 11.7. The van der Waals surface area contributed by atoms with Gasteiger partial charge in [0, 0.05) is 17.8 Å². The highest BCUT2D eigenvalue weighted by atomic mass is 32.2. The molecule has 2 N–H and O–H groups in total. The number of hydrogen-bond donors (Lipinski definition) is 2. The van der Waals surface area contributed by atoms with Crippen LogP contribution in [-0.4, -0.2) is 32.6 Å². The molecule has 21 heavy (non-hydrogen) atoms. The molecule has 1 fully saturated rings. The number of aromatic amines is 1. The minimum Gasteiger partial charge on any atom is -0.313 e. The first-order chi connectivity index (χ1) is 10.2. The molecule has 1 aliphatic rings. The summed E-state index contributed by atoms with van der Waals surface area (Å²) in [5, 5.41) is 11.8. The number of rotatable bonds is 7. The van der Waals surface area contributed by atoms with Crippen molar-refractivity contribution < 1.29 is 0 Å². The molecular formula is C15H28N4OS. The Morgan fingerprint density at radius 3 is 2.86 bits per heavy atom. The smallest absolute Gasteiger partial charge is 0.313 e. The van der Waals surface area contributed by atoms with E-state index >= 15 is 0 Å². The van der Waals surface area contributed by atoms with E-state index in [0.717, 1.165) is 24.0 Å². The van der Waals surface area contributed by atoms with Gasteiger partial charge in [-0.05, 0) is 45.1 Å². The zero-order valence-electron chi connectivity index (χ0n) is 13.4. The Hall–Kier alpha value is -0.750. The van der Waals surface area contributed by atoms with E-state index in [9.17, 15) is 4.79 Å². The molecule has 0 spiro atoms. The molecule has 3 unspecified atom stereocenters. The van der Waals surface area contributed by atoms with Gasteiger partial charge in [0.25, 0.3) is 0 Å². The Labute approximate surface area is 131 Å². The van der Waals surface area contributed by atoms with Crippen molar-refractivity contribution in [3.63, 3.8) is 0 Å². The fraction of sp³-hybridized carbons (Fsp3) is 0.867. The Kier molecular flexibility index (Phi) is 6.36. The molecule has 0 aromatic carbocycles. The maximum atomic E-state index is 11.7. The monoisotopic (exact) mass is 312 g/mol. The van der Waals surface area contributed by atoms with E-state index in [1.54, 1.807) is 16.3 Å². The Morgan fingerprint density at radius 2 is 2.19 bits per heavy atom. The Morgan fingerprint density at radius 1 is 1.38 bits per heavy atom. The predicted octanol–water partition coefficient (Wildman–Crippen LogP) is 2.63. The third-order valence-electron chi connectivity index (χ3n) is 4.43.